The lowest BCUT2D eigenvalue weighted by atomic mass is 9.82. The summed E-state index contributed by atoms with van der Waals surface area (Å²) in [5.74, 6) is -0.453. The summed E-state index contributed by atoms with van der Waals surface area (Å²) in [7, 11) is 0. The largest absolute Gasteiger partial charge is 0.463 e. The minimum Gasteiger partial charge on any atom is -0.463 e. The Bertz CT molecular complexity index is 303. The Balaban J connectivity index is 4.09. The van der Waals surface area contributed by atoms with Crippen molar-refractivity contribution in [3.63, 3.8) is 0 Å². The lowest BCUT2D eigenvalue weighted by molar-refractivity contribution is -0.137. The van der Waals surface area contributed by atoms with E-state index in [9.17, 15) is 9.59 Å². The molecule has 0 aromatic carbocycles. The Kier molecular flexibility index (Phi) is 9.19. The maximum atomic E-state index is 12.0. The molecule has 0 aliphatic carbocycles. The number of rotatable bonds is 10. The minimum absolute atomic E-state index is 0.00366. The third-order valence-electron chi connectivity index (χ3n) is 3.23. The number of allylic oxidation sites excluding steroid dienone is 1. The molecule has 0 unspecified atom stereocenters. The molecule has 0 N–H and O–H groups in total. The van der Waals surface area contributed by atoms with Crippen LogP contribution in [0.25, 0.3) is 0 Å². The smallest absolute Gasteiger partial charge is 0.330 e. The van der Waals surface area contributed by atoms with Crippen LogP contribution in [0.1, 0.15) is 66.2 Å². The van der Waals surface area contributed by atoms with Crippen molar-refractivity contribution in [1.29, 1.82) is 0 Å². The summed E-state index contributed by atoms with van der Waals surface area (Å²) in [6, 6.07) is 0. The zero-order valence-corrected chi connectivity index (χ0v) is 12.8. The molecule has 0 aromatic rings. The highest BCUT2D eigenvalue weighted by atomic mass is 16.5. The van der Waals surface area contributed by atoms with E-state index in [-0.39, 0.29) is 5.78 Å². The van der Waals surface area contributed by atoms with E-state index in [0.717, 1.165) is 12.8 Å². The number of carbonyl (C=O) groups excluding carboxylic acids is 2. The Morgan fingerprint density at radius 2 is 1.63 bits per heavy atom. The van der Waals surface area contributed by atoms with Crippen LogP contribution in [0.15, 0.2) is 12.2 Å². The van der Waals surface area contributed by atoms with E-state index in [2.05, 4.69) is 6.92 Å². The Labute approximate surface area is 117 Å². The average Bonchev–Trinajstić information content (AvgIpc) is 2.36. The van der Waals surface area contributed by atoms with Gasteiger partial charge in [-0.15, -0.1) is 0 Å². The van der Waals surface area contributed by atoms with E-state index < -0.39 is 11.4 Å². The van der Waals surface area contributed by atoms with E-state index in [1.165, 1.54) is 37.8 Å². The van der Waals surface area contributed by atoms with E-state index in [0.29, 0.717) is 6.61 Å². The first-order valence-corrected chi connectivity index (χ1v) is 7.33. The van der Waals surface area contributed by atoms with Gasteiger partial charge in [0, 0.05) is 11.5 Å². The third-order valence-corrected chi connectivity index (χ3v) is 3.23. The van der Waals surface area contributed by atoms with Crippen molar-refractivity contribution in [2.45, 2.75) is 66.2 Å². The first-order chi connectivity index (χ1) is 8.94. The van der Waals surface area contributed by atoms with Crippen molar-refractivity contribution in [3.05, 3.63) is 12.2 Å². The molecular formula is C16H28O3. The second-order valence-corrected chi connectivity index (χ2v) is 5.50. The second kappa shape index (κ2) is 9.76. The predicted octanol–water partition coefficient (Wildman–Crippen LogP) is 4.06. The minimum atomic E-state index is -0.449. The Hall–Kier alpha value is -1.12. The molecule has 0 atom stereocenters. The van der Waals surface area contributed by atoms with Crippen LogP contribution in [0, 0.1) is 5.41 Å². The highest BCUT2D eigenvalue weighted by molar-refractivity contribution is 5.98. The first kappa shape index (κ1) is 17.9. The van der Waals surface area contributed by atoms with Gasteiger partial charge in [0.1, 0.15) is 0 Å². The molecule has 0 aromatic heterocycles. The molecule has 0 fully saturated rings. The van der Waals surface area contributed by atoms with Gasteiger partial charge in [-0.05, 0) is 19.4 Å². The van der Waals surface area contributed by atoms with Crippen LogP contribution < -0.4 is 0 Å². The number of ketones is 1. The predicted molar refractivity (Wildman–Crippen MR) is 77.9 cm³/mol. The lowest BCUT2D eigenvalue weighted by Gasteiger charge is -2.21. The number of esters is 1. The Morgan fingerprint density at radius 1 is 1.00 bits per heavy atom. The molecule has 0 bridgehead atoms. The van der Waals surface area contributed by atoms with Gasteiger partial charge in [0.05, 0.1) is 6.61 Å². The maximum absolute atomic E-state index is 12.0. The molecule has 110 valence electrons. The highest BCUT2D eigenvalue weighted by Gasteiger charge is 2.24. The molecule has 19 heavy (non-hydrogen) atoms. The van der Waals surface area contributed by atoms with E-state index in [1.807, 2.05) is 13.8 Å². The summed E-state index contributed by atoms with van der Waals surface area (Å²) < 4.78 is 4.75. The molecule has 0 aliphatic rings. The number of carbonyl (C=O) groups is 2. The van der Waals surface area contributed by atoms with Crippen molar-refractivity contribution < 1.29 is 14.3 Å². The van der Waals surface area contributed by atoms with Gasteiger partial charge in [0.15, 0.2) is 5.78 Å². The molecule has 0 saturated carbocycles. The number of ether oxygens (including phenoxy) is 1. The summed E-state index contributed by atoms with van der Waals surface area (Å²) >= 11 is 0. The van der Waals surface area contributed by atoms with Gasteiger partial charge in [-0.1, -0.05) is 52.9 Å². The fraction of sp³-hybridized carbons (Fsp3) is 0.750. The van der Waals surface area contributed by atoms with Gasteiger partial charge in [-0.25, -0.2) is 4.79 Å². The molecule has 0 heterocycles. The SMILES string of the molecule is CCCCCCCC(C)(C)C(=O)/C=C\C(=O)OCC. The van der Waals surface area contributed by atoms with E-state index in [4.69, 9.17) is 4.74 Å². The molecule has 0 rings (SSSR count). The summed E-state index contributed by atoms with van der Waals surface area (Å²) in [6.07, 6.45) is 9.40. The van der Waals surface area contributed by atoms with E-state index in [1.54, 1.807) is 6.92 Å². The van der Waals surface area contributed by atoms with Crippen molar-refractivity contribution in [1.82, 2.24) is 0 Å². The molecular weight excluding hydrogens is 240 g/mol. The first-order valence-electron chi connectivity index (χ1n) is 7.33. The van der Waals surface area contributed by atoms with Crippen molar-refractivity contribution >= 4 is 11.8 Å². The van der Waals surface area contributed by atoms with Gasteiger partial charge in [0.2, 0.25) is 0 Å². The molecule has 0 amide bonds. The van der Waals surface area contributed by atoms with Gasteiger partial charge < -0.3 is 4.74 Å². The lowest BCUT2D eigenvalue weighted by Crippen LogP contribution is -2.22. The van der Waals surface area contributed by atoms with Crippen LogP contribution in [0.2, 0.25) is 0 Å². The number of hydrogen-bond acceptors (Lipinski definition) is 3. The van der Waals surface area contributed by atoms with Gasteiger partial charge >= 0.3 is 5.97 Å². The summed E-state index contributed by atoms with van der Waals surface area (Å²) in [5, 5.41) is 0. The van der Waals surface area contributed by atoms with Crippen molar-refractivity contribution in [2.24, 2.45) is 5.41 Å². The zero-order valence-electron chi connectivity index (χ0n) is 12.8. The van der Waals surface area contributed by atoms with Gasteiger partial charge in [0.25, 0.3) is 0 Å². The molecule has 0 aliphatic heterocycles. The molecule has 3 heteroatoms. The topological polar surface area (TPSA) is 43.4 Å². The van der Waals surface area contributed by atoms with Crippen molar-refractivity contribution in [2.75, 3.05) is 6.61 Å². The monoisotopic (exact) mass is 268 g/mol. The van der Waals surface area contributed by atoms with Crippen LogP contribution in [0.5, 0.6) is 0 Å². The van der Waals surface area contributed by atoms with Crippen LogP contribution in [0.4, 0.5) is 0 Å². The Morgan fingerprint density at radius 3 is 2.21 bits per heavy atom. The maximum Gasteiger partial charge on any atom is 0.330 e. The second-order valence-electron chi connectivity index (χ2n) is 5.50. The van der Waals surface area contributed by atoms with Crippen molar-refractivity contribution in [3.8, 4) is 0 Å². The van der Waals surface area contributed by atoms with Gasteiger partial charge in [-0.3, -0.25) is 4.79 Å². The third kappa shape index (κ3) is 8.57. The van der Waals surface area contributed by atoms with Crippen LogP contribution in [0.3, 0.4) is 0 Å². The van der Waals surface area contributed by atoms with Gasteiger partial charge in [-0.2, -0.15) is 0 Å². The summed E-state index contributed by atoms with van der Waals surface area (Å²) in [4.78, 5) is 23.1. The standard InChI is InChI=1S/C16H28O3/c1-5-7-8-9-10-13-16(3,4)14(17)11-12-15(18)19-6-2/h11-12H,5-10,13H2,1-4H3/b12-11-. The molecule has 0 radical (unpaired) electrons. The van der Waals surface area contributed by atoms with Crippen LogP contribution >= 0.6 is 0 Å². The number of unbranched alkanes of at least 4 members (excludes halogenated alkanes) is 4. The summed E-state index contributed by atoms with van der Waals surface area (Å²) in [5.41, 5.74) is -0.394. The summed E-state index contributed by atoms with van der Waals surface area (Å²) in [6.45, 7) is 8.13. The normalized spacial score (nSPS) is 11.8. The van der Waals surface area contributed by atoms with Crippen LogP contribution in [-0.2, 0) is 14.3 Å². The zero-order chi connectivity index (χ0) is 14.7. The fourth-order valence-electron chi connectivity index (χ4n) is 1.85. The highest BCUT2D eigenvalue weighted by Crippen LogP contribution is 2.25. The molecule has 3 nitrogen and oxygen atoms in total. The number of hydrogen-bond donors (Lipinski definition) is 0. The quantitative estimate of drug-likeness (QED) is 0.341. The average molecular weight is 268 g/mol. The van der Waals surface area contributed by atoms with Crippen LogP contribution in [-0.4, -0.2) is 18.4 Å². The molecule has 0 spiro atoms. The molecule has 0 saturated heterocycles. The van der Waals surface area contributed by atoms with E-state index >= 15 is 0 Å². The fourth-order valence-corrected chi connectivity index (χ4v) is 1.85.